The molecule has 3 heteroatoms. The van der Waals surface area contributed by atoms with Gasteiger partial charge in [0.1, 0.15) is 0 Å². The molecule has 0 saturated carbocycles. The third-order valence-electron chi connectivity index (χ3n) is 1.42. The average Bonchev–Trinajstić information content (AvgIpc) is 2.02. The van der Waals surface area contributed by atoms with Gasteiger partial charge in [-0.05, 0) is 20.3 Å². The standard InChI is InChI=1S/C8H15NO2/c1-4-6(3)8(10)11-7(9)5-2/h4,7H,5,9H2,1-3H3/b6-4+. The lowest BCUT2D eigenvalue weighted by Gasteiger charge is -2.09. The number of esters is 1. The predicted molar refractivity (Wildman–Crippen MR) is 43.8 cm³/mol. The van der Waals surface area contributed by atoms with Crippen LogP contribution in [0.15, 0.2) is 11.6 Å². The van der Waals surface area contributed by atoms with Crippen molar-refractivity contribution in [2.45, 2.75) is 33.4 Å². The van der Waals surface area contributed by atoms with E-state index in [-0.39, 0.29) is 5.97 Å². The molecule has 0 aliphatic carbocycles. The van der Waals surface area contributed by atoms with Crippen molar-refractivity contribution in [3.63, 3.8) is 0 Å². The Hall–Kier alpha value is -0.830. The number of carbonyl (C=O) groups is 1. The molecule has 64 valence electrons. The van der Waals surface area contributed by atoms with Crippen LogP contribution >= 0.6 is 0 Å². The Morgan fingerprint density at radius 3 is 2.64 bits per heavy atom. The number of rotatable bonds is 3. The molecule has 1 atom stereocenters. The van der Waals surface area contributed by atoms with Crippen LogP contribution in [0, 0.1) is 0 Å². The van der Waals surface area contributed by atoms with E-state index >= 15 is 0 Å². The summed E-state index contributed by atoms with van der Waals surface area (Å²) in [5.74, 6) is -0.332. The fraction of sp³-hybridized carbons (Fsp3) is 0.625. The fourth-order valence-corrected chi connectivity index (χ4v) is 0.432. The zero-order chi connectivity index (χ0) is 8.85. The number of hydrogen-bond donors (Lipinski definition) is 1. The Kier molecular flexibility index (Phi) is 4.54. The molecule has 1 unspecified atom stereocenters. The SMILES string of the molecule is C/C=C(\C)C(=O)OC(N)CC. The topological polar surface area (TPSA) is 52.3 Å². The van der Waals surface area contributed by atoms with Gasteiger partial charge in [-0.15, -0.1) is 0 Å². The molecule has 0 aliphatic heterocycles. The van der Waals surface area contributed by atoms with Crippen LogP contribution in [0.3, 0.4) is 0 Å². The third kappa shape index (κ3) is 3.78. The van der Waals surface area contributed by atoms with Crippen molar-refractivity contribution in [3.05, 3.63) is 11.6 Å². The summed E-state index contributed by atoms with van der Waals surface area (Å²) in [7, 11) is 0. The van der Waals surface area contributed by atoms with Crippen molar-refractivity contribution < 1.29 is 9.53 Å². The van der Waals surface area contributed by atoms with Gasteiger partial charge in [-0.1, -0.05) is 13.0 Å². The highest BCUT2D eigenvalue weighted by Crippen LogP contribution is 1.98. The van der Waals surface area contributed by atoms with Crippen LogP contribution in [0.5, 0.6) is 0 Å². The van der Waals surface area contributed by atoms with Gasteiger partial charge >= 0.3 is 5.97 Å². The molecule has 0 aromatic rings. The van der Waals surface area contributed by atoms with Crippen LogP contribution in [0.2, 0.25) is 0 Å². The second-order valence-electron chi connectivity index (χ2n) is 2.32. The highest BCUT2D eigenvalue weighted by molar-refractivity contribution is 5.87. The molecule has 0 radical (unpaired) electrons. The van der Waals surface area contributed by atoms with Crippen molar-refractivity contribution in [2.75, 3.05) is 0 Å². The Morgan fingerprint density at radius 1 is 1.73 bits per heavy atom. The lowest BCUT2D eigenvalue weighted by atomic mass is 10.3. The van der Waals surface area contributed by atoms with Crippen LogP contribution < -0.4 is 5.73 Å². The Labute approximate surface area is 67.2 Å². The van der Waals surface area contributed by atoms with Crippen LogP contribution in [0.1, 0.15) is 27.2 Å². The normalized spacial score (nSPS) is 14.4. The van der Waals surface area contributed by atoms with Crippen LogP contribution in [0.25, 0.3) is 0 Å². The molecular weight excluding hydrogens is 142 g/mol. The van der Waals surface area contributed by atoms with Gasteiger partial charge in [0, 0.05) is 5.57 Å². The van der Waals surface area contributed by atoms with Crippen molar-refractivity contribution in [1.29, 1.82) is 0 Å². The molecule has 0 aromatic heterocycles. The first kappa shape index (κ1) is 10.2. The average molecular weight is 157 g/mol. The van der Waals surface area contributed by atoms with E-state index in [0.29, 0.717) is 12.0 Å². The summed E-state index contributed by atoms with van der Waals surface area (Å²) in [6.45, 7) is 5.35. The summed E-state index contributed by atoms with van der Waals surface area (Å²) in [5.41, 5.74) is 5.99. The second kappa shape index (κ2) is 4.91. The maximum Gasteiger partial charge on any atom is 0.334 e. The van der Waals surface area contributed by atoms with E-state index in [1.807, 2.05) is 6.92 Å². The maximum absolute atomic E-state index is 11.0. The van der Waals surface area contributed by atoms with E-state index in [0.717, 1.165) is 0 Å². The zero-order valence-corrected chi connectivity index (χ0v) is 7.26. The first-order chi connectivity index (χ1) is 5.11. The summed E-state index contributed by atoms with van der Waals surface area (Å²) >= 11 is 0. The Balaban J connectivity index is 3.88. The minimum absolute atomic E-state index is 0.332. The molecule has 3 nitrogen and oxygen atoms in total. The number of carbonyl (C=O) groups excluding carboxylic acids is 1. The van der Waals surface area contributed by atoms with Gasteiger partial charge < -0.3 is 4.74 Å². The Morgan fingerprint density at radius 2 is 2.27 bits per heavy atom. The number of allylic oxidation sites excluding steroid dienone is 1. The summed E-state index contributed by atoms with van der Waals surface area (Å²) < 4.78 is 4.82. The van der Waals surface area contributed by atoms with Crippen molar-refractivity contribution in [2.24, 2.45) is 5.73 Å². The van der Waals surface area contributed by atoms with Crippen LogP contribution in [-0.4, -0.2) is 12.2 Å². The minimum atomic E-state index is -0.475. The van der Waals surface area contributed by atoms with E-state index in [1.54, 1.807) is 19.9 Å². The smallest absolute Gasteiger partial charge is 0.334 e. The van der Waals surface area contributed by atoms with Gasteiger partial charge in [0.2, 0.25) is 0 Å². The molecule has 0 aliphatic rings. The highest BCUT2D eigenvalue weighted by atomic mass is 16.6. The molecule has 0 saturated heterocycles. The third-order valence-corrected chi connectivity index (χ3v) is 1.42. The molecule has 2 N–H and O–H groups in total. The molecule has 11 heavy (non-hydrogen) atoms. The van der Waals surface area contributed by atoms with Crippen LogP contribution in [-0.2, 0) is 9.53 Å². The van der Waals surface area contributed by atoms with Gasteiger partial charge in [-0.25, -0.2) is 4.79 Å². The molecule has 0 heterocycles. The molecule has 0 aromatic carbocycles. The van der Waals surface area contributed by atoms with E-state index in [4.69, 9.17) is 10.5 Å². The van der Waals surface area contributed by atoms with Crippen molar-refractivity contribution >= 4 is 5.97 Å². The maximum atomic E-state index is 11.0. The monoisotopic (exact) mass is 157 g/mol. The highest BCUT2D eigenvalue weighted by Gasteiger charge is 2.08. The van der Waals surface area contributed by atoms with E-state index < -0.39 is 6.23 Å². The number of ether oxygens (including phenoxy) is 1. The van der Waals surface area contributed by atoms with Gasteiger partial charge in [0.15, 0.2) is 6.23 Å². The van der Waals surface area contributed by atoms with Gasteiger partial charge in [0.05, 0.1) is 0 Å². The van der Waals surface area contributed by atoms with E-state index in [2.05, 4.69) is 0 Å². The molecule has 0 spiro atoms. The molecule has 0 bridgehead atoms. The summed E-state index contributed by atoms with van der Waals surface area (Å²) in [5, 5.41) is 0. The first-order valence-corrected chi connectivity index (χ1v) is 3.71. The van der Waals surface area contributed by atoms with Gasteiger partial charge in [-0.2, -0.15) is 0 Å². The van der Waals surface area contributed by atoms with Crippen LogP contribution in [0.4, 0.5) is 0 Å². The van der Waals surface area contributed by atoms with Crippen molar-refractivity contribution in [1.82, 2.24) is 0 Å². The number of nitrogens with two attached hydrogens (primary N) is 1. The quantitative estimate of drug-likeness (QED) is 0.380. The van der Waals surface area contributed by atoms with Gasteiger partial charge in [0.25, 0.3) is 0 Å². The summed E-state index contributed by atoms with van der Waals surface area (Å²) in [4.78, 5) is 11.0. The summed E-state index contributed by atoms with van der Waals surface area (Å²) in [6, 6.07) is 0. The molecule has 0 amide bonds. The van der Waals surface area contributed by atoms with E-state index in [9.17, 15) is 4.79 Å². The fourth-order valence-electron chi connectivity index (χ4n) is 0.432. The first-order valence-electron chi connectivity index (χ1n) is 3.71. The summed E-state index contributed by atoms with van der Waals surface area (Å²) in [6.07, 6.45) is 1.87. The zero-order valence-electron chi connectivity index (χ0n) is 7.26. The molecular formula is C8H15NO2. The minimum Gasteiger partial charge on any atom is -0.443 e. The predicted octanol–water partition coefficient (Wildman–Crippen LogP) is 1.19. The molecule has 0 rings (SSSR count). The lowest BCUT2D eigenvalue weighted by Crippen LogP contribution is -2.26. The lowest BCUT2D eigenvalue weighted by molar-refractivity contribution is -0.144. The second-order valence-corrected chi connectivity index (χ2v) is 2.32. The number of hydrogen-bond acceptors (Lipinski definition) is 3. The van der Waals surface area contributed by atoms with Gasteiger partial charge in [-0.3, -0.25) is 5.73 Å². The Bertz CT molecular complexity index is 163. The largest absolute Gasteiger partial charge is 0.443 e. The van der Waals surface area contributed by atoms with E-state index in [1.165, 1.54) is 0 Å². The van der Waals surface area contributed by atoms with Crippen molar-refractivity contribution in [3.8, 4) is 0 Å². The molecule has 0 fully saturated rings.